The Hall–Kier alpha value is -1.97. The van der Waals surface area contributed by atoms with E-state index in [4.69, 9.17) is 10.5 Å². The Labute approximate surface area is 94.1 Å². The SMILES string of the molecule is C[C@H](NC1=C(N)C(=O)OC1)c1ccccc1. The van der Waals surface area contributed by atoms with Crippen LogP contribution in [0.4, 0.5) is 0 Å². The average Bonchev–Trinajstić information content (AvgIpc) is 2.62. The lowest BCUT2D eigenvalue weighted by molar-refractivity contribution is -0.136. The van der Waals surface area contributed by atoms with Crippen LogP contribution in [-0.2, 0) is 9.53 Å². The van der Waals surface area contributed by atoms with Gasteiger partial charge in [0.15, 0.2) is 0 Å². The van der Waals surface area contributed by atoms with Crippen LogP contribution in [0.25, 0.3) is 0 Å². The number of hydrogen-bond acceptors (Lipinski definition) is 4. The van der Waals surface area contributed by atoms with E-state index in [9.17, 15) is 4.79 Å². The highest BCUT2D eigenvalue weighted by molar-refractivity contribution is 5.90. The van der Waals surface area contributed by atoms with E-state index in [0.717, 1.165) is 5.56 Å². The number of benzene rings is 1. The summed E-state index contributed by atoms with van der Waals surface area (Å²) in [7, 11) is 0. The summed E-state index contributed by atoms with van der Waals surface area (Å²) in [6.07, 6.45) is 0. The van der Waals surface area contributed by atoms with Crippen molar-refractivity contribution in [3.05, 3.63) is 47.3 Å². The summed E-state index contributed by atoms with van der Waals surface area (Å²) in [5.74, 6) is -0.442. The first kappa shape index (κ1) is 10.5. The smallest absolute Gasteiger partial charge is 0.356 e. The molecule has 1 atom stereocenters. The number of carbonyl (C=O) groups is 1. The Bertz CT molecular complexity index is 426. The molecule has 0 aromatic heterocycles. The predicted octanol–water partition coefficient (Wildman–Crippen LogP) is 1.06. The molecular formula is C12H14N2O2. The second-order valence-corrected chi connectivity index (χ2v) is 3.75. The molecular weight excluding hydrogens is 204 g/mol. The molecule has 0 saturated heterocycles. The van der Waals surface area contributed by atoms with Crippen LogP contribution < -0.4 is 11.1 Å². The summed E-state index contributed by atoms with van der Waals surface area (Å²) in [6.45, 7) is 2.25. The van der Waals surface area contributed by atoms with E-state index in [-0.39, 0.29) is 18.3 Å². The number of nitrogens with two attached hydrogens (primary N) is 1. The zero-order chi connectivity index (χ0) is 11.5. The summed E-state index contributed by atoms with van der Waals surface area (Å²) >= 11 is 0. The van der Waals surface area contributed by atoms with Crippen molar-refractivity contribution in [2.75, 3.05) is 6.61 Å². The molecule has 1 aliphatic heterocycles. The van der Waals surface area contributed by atoms with Gasteiger partial charge in [-0.1, -0.05) is 30.3 Å². The molecule has 16 heavy (non-hydrogen) atoms. The van der Waals surface area contributed by atoms with Crippen molar-refractivity contribution < 1.29 is 9.53 Å². The molecule has 4 nitrogen and oxygen atoms in total. The fourth-order valence-electron chi connectivity index (χ4n) is 1.62. The highest BCUT2D eigenvalue weighted by Gasteiger charge is 2.23. The normalized spacial score (nSPS) is 17.2. The Morgan fingerprint density at radius 1 is 1.38 bits per heavy atom. The van der Waals surface area contributed by atoms with Crippen molar-refractivity contribution >= 4 is 5.97 Å². The van der Waals surface area contributed by atoms with Gasteiger partial charge in [-0.3, -0.25) is 0 Å². The van der Waals surface area contributed by atoms with Crippen molar-refractivity contribution in [2.24, 2.45) is 5.73 Å². The Kier molecular flexibility index (Phi) is 2.81. The number of carbonyl (C=O) groups excluding carboxylic acids is 1. The van der Waals surface area contributed by atoms with E-state index in [0.29, 0.717) is 5.70 Å². The minimum absolute atomic E-state index is 0.101. The van der Waals surface area contributed by atoms with E-state index in [1.165, 1.54) is 0 Å². The van der Waals surface area contributed by atoms with Crippen molar-refractivity contribution in [1.29, 1.82) is 0 Å². The number of ether oxygens (including phenoxy) is 1. The van der Waals surface area contributed by atoms with Crippen LogP contribution in [0, 0.1) is 0 Å². The van der Waals surface area contributed by atoms with E-state index in [1.807, 2.05) is 37.3 Å². The van der Waals surface area contributed by atoms with E-state index in [1.54, 1.807) is 0 Å². The summed E-state index contributed by atoms with van der Waals surface area (Å²) < 4.78 is 4.81. The Morgan fingerprint density at radius 3 is 2.62 bits per heavy atom. The summed E-state index contributed by atoms with van der Waals surface area (Å²) in [6, 6.07) is 10.1. The Morgan fingerprint density at radius 2 is 2.06 bits per heavy atom. The first-order valence-corrected chi connectivity index (χ1v) is 5.15. The third-order valence-electron chi connectivity index (χ3n) is 2.58. The molecule has 0 bridgehead atoms. The van der Waals surface area contributed by atoms with Crippen LogP contribution in [0.5, 0.6) is 0 Å². The van der Waals surface area contributed by atoms with Crippen LogP contribution in [0.2, 0.25) is 0 Å². The van der Waals surface area contributed by atoms with Gasteiger partial charge in [0.25, 0.3) is 0 Å². The van der Waals surface area contributed by atoms with E-state index >= 15 is 0 Å². The molecule has 3 N–H and O–H groups in total. The highest BCUT2D eigenvalue weighted by Crippen LogP contribution is 2.16. The number of hydrogen-bond donors (Lipinski definition) is 2. The van der Waals surface area contributed by atoms with Gasteiger partial charge < -0.3 is 15.8 Å². The number of esters is 1. The monoisotopic (exact) mass is 218 g/mol. The molecule has 0 radical (unpaired) electrons. The highest BCUT2D eigenvalue weighted by atomic mass is 16.5. The van der Waals surface area contributed by atoms with Crippen LogP contribution in [0.1, 0.15) is 18.5 Å². The van der Waals surface area contributed by atoms with Gasteiger partial charge in [-0.15, -0.1) is 0 Å². The van der Waals surface area contributed by atoms with Crippen molar-refractivity contribution in [2.45, 2.75) is 13.0 Å². The number of nitrogens with one attached hydrogen (secondary N) is 1. The average molecular weight is 218 g/mol. The maximum Gasteiger partial charge on any atom is 0.356 e. The van der Waals surface area contributed by atoms with E-state index in [2.05, 4.69) is 5.32 Å². The molecule has 0 saturated carbocycles. The summed E-state index contributed by atoms with van der Waals surface area (Å²) in [5.41, 5.74) is 7.58. The Balaban J connectivity index is 2.09. The number of rotatable bonds is 3. The van der Waals surface area contributed by atoms with Gasteiger partial charge in [0, 0.05) is 6.04 Å². The number of cyclic esters (lactones) is 1. The molecule has 0 amide bonds. The van der Waals surface area contributed by atoms with Gasteiger partial charge in [-0.05, 0) is 12.5 Å². The third kappa shape index (κ3) is 2.00. The maximum atomic E-state index is 11.1. The summed E-state index contributed by atoms with van der Waals surface area (Å²) in [5, 5.41) is 3.18. The topological polar surface area (TPSA) is 64.3 Å². The third-order valence-corrected chi connectivity index (χ3v) is 2.58. The fraction of sp³-hybridized carbons (Fsp3) is 0.250. The van der Waals surface area contributed by atoms with Crippen molar-refractivity contribution in [1.82, 2.24) is 5.32 Å². The molecule has 1 aromatic rings. The lowest BCUT2D eigenvalue weighted by atomic mass is 10.1. The first-order chi connectivity index (χ1) is 7.68. The molecule has 0 unspecified atom stereocenters. The molecule has 1 aliphatic rings. The van der Waals surface area contributed by atoms with Crippen LogP contribution in [-0.4, -0.2) is 12.6 Å². The molecule has 84 valence electrons. The second kappa shape index (κ2) is 4.26. The van der Waals surface area contributed by atoms with Gasteiger partial charge in [0.2, 0.25) is 0 Å². The summed E-state index contributed by atoms with van der Waals surface area (Å²) in [4.78, 5) is 11.1. The largest absolute Gasteiger partial charge is 0.454 e. The predicted molar refractivity (Wildman–Crippen MR) is 60.2 cm³/mol. The quantitative estimate of drug-likeness (QED) is 0.745. The van der Waals surface area contributed by atoms with Crippen LogP contribution in [0.3, 0.4) is 0 Å². The van der Waals surface area contributed by atoms with E-state index < -0.39 is 5.97 Å². The molecule has 1 heterocycles. The lowest BCUT2D eigenvalue weighted by Gasteiger charge is -2.15. The zero-order valence-corrected chi connectivity index (χ0v) is 9.07. The molecule has 4 heteroatoms. The van der Waals surface area contributed by atoms with Gasteiger partial charge in [0.05, 0.1) is 5.70 Å². The van der Waals surface area contributed by atoms with Crippen LogP contribution >= 0.6 is 0 Å². The standard InChI is InChI=1S/C12H14N2O2/c1-8(9-5-3-2-4-6-9)14-10-7-16-12(15)11(10)13/h2-6,8,14H,7,13H2,1H3/t8-/m0/s1. The van der Waals surface area contributed by atoms with Gasteiger partial charge in [0.1, 0.15) is 12.3 Å². The molecule has 0 aliphatic carbocycles. The fourth-order valence-corrected chi connectivity index (χ4v) is 1.62. The minimum atomic E-state index is -0.442. The first-order valence-electron chi connectivity index (χ1n) is 5.15. The molecule has 0 spiro atoms. The maximum absolute atomic E-state index is 11.1. The van der Waals surface area contributed by atoms with Crippen molar-refractivity contribution in [3.63, 3.8) is 0 Å². The lowest BCUT2D eigenvalue weighted by Crippen LogP contribution is -2.21. The molecule has 1 aromatic carbocycles. The molecule has 2 rings (SSSR count). The zero-order valence-electron chi connectivity index (χ0n) is 9.07. The minimum Gasteiger partial charge on any atom is -0.454 e. The molecule has 0 fully saturated rings. The van der Waals surface area contributed by atoms with Gasteiger partial charge in [-0.2, -0.15) is 0 Å². The van der Waals surface area contributed by atoms with Crippen LogP contribution in [0.15, 0.2) is 41.7 Å². The van der Waals surface area contributed by atoms with Gasteiger partial charge >= 0.3 is 5.97 Å². The van der Waals surface area contributed by atoms with Gasteiger partial charge in [-0.25, -0.2) is 4.79 Å². The second-order valence-electron chi connectivity index (χ2n) is 3.75. The van der Waals surface area contributed by atoms with Crippen molar-refractivity contribution in [3.8, 4) is 0 Å².